The largest absolute Gasteiger partial charge is 0.337 e. The fraction of sp³-hybridized carbons (Fsp3) is 0.467. The Morgan fingerprint density at radius 3 is 3.20 bits per heavy atom. The Bertz CT molecular complexity index is 636. The SMILES string of the molecule is O=C(c1cnn2ccccc12)N1CC2CCCNC2C1. The van der Waals surface area contributed by atoms with Crippen LogP contribution in [-0.4, -0.2) is 46.1 Å². The summed E-state index contributed by atoms with van der Waals surface area (Å²) in [7, 11) is 0. The van der Waals surface area contributed by atoms with E-state index in [1.165, 1.54) is 12.8 Å². The van der Waals surface area contributed by atoms with E-state index >= 15 is 0 Å². The number of amides is 1. The maximum Gasteiger partial charge on any atom is 0.257 e. The number of hydrogen-bond acceptors (Lipinski definition) is 3. The molecule has 20 heavy (non-hydrogen) atoms. The molecule has 0 aliphatic carbocycles. The molecule has 4 rings (SSSR count). The number of carbonyl (C=O) groups excluding carboxylic acids is 1. The highest BCUT2D eigenvalue weighted by molar-refractivity contribution is 6.00. The molecule has 2 unspecified atom stereocenters. The molecular weight excluding hydrogens is 252 g/mol. The van der Waals surface area contributed by atoms with E-state index in [0.717, 1.165) is 25.2 Å². The van der Waals surface area contributed by atoms with E-state index in [9.17, 15) is 4.79 Å². The van der Waals surface area contributed by atoms with Crippen molar-refractivity contribution in [2.45, 2.75) is 18.9 Å². The minimum absolute atomic E-state index is 0.113. The first kappa shape index (κ1) is 11.9. The van der Waals surface area contributed by atoms with Gasteiger partial charge in [0.2, 0.25) is 0 Å². The van der Waals surface area contributed by atoms with Crippen molar-refractivity contribution in [2.24, 2.45) is 5.92 Å². The van der Waals surface area contributed by atoms with E-state index in [1.54, 1.807) is 10.7 Å². The molecule has 0 aromatic carbocycles. The molecule has 2 atom stereocenters. The van der Waals surface area contributed by atoms with Crippen molar-refractivity contribution >= 4 is 11.4 Å². The molecule has 4 heterocycles. The number of nitrogens with zero attached hydrogens (tertiary/aromatic N) is 3. The molecule has 2 aromatic heterocycles. The summed E-state index contributed by atoms with van der Waals surface area (Å²) in [5.41, 5.74) is 1.60. The van der Waals surface area contributed by atoms with Crippen LogP contribution >= 0.6 is 0 Å². The Balaban J connectivity index is 1.61. The first-order valence-corrected chi connectivity index (χ1v) is 7.28. The van der Waals surface area contributed by atoms with Gasteiger partial charge in [0.1, 0.15) is 0 Å². The summed E-state index contributed by atoms with van der Waals surface area (Å²) in [6.07, 6.45) is 6.01. The predicted octanol–water partition coefficient (Wildman–Crippen LogP) is 1.16. The zero-order valence-electron chi connectivity index (χ0n) is 11.3. The van der Waals surface area contributed by atoms with Crippen molar-refractivity contribution in [3.05, 3.63) is 36.2 Å². The van der Waals surface area contributed by atoms with Gasteiger partial charge in [0.15, 0.2) is 0 Å². The van der Waals surface area contributed by atoms with Gasteiger partial charge >= 0.3 is 0 Å². The quantitative estimate of drug-likeness (QED) is 0.846. The monoisotopic (exact) mass is 270 g/mol. The normalized spacial score (nSPS) is 25.9. The summed E-state index contributed by atoms with van der Waals surface area (Å²) >= 11 is 0. The number of piperidine rings is 1. The summed E-state index contributed by atoms with van der Waals surface area (Å²) in [4.78, 5) is 14.7. The second-order valence-electron chi connectivity index (χ2n) is 5.76. The third kappa shape index (κ3) is 1.81. The van der Waals surface area contributed by atoms with Crippen molar-refractivity contribution in [1.82, 2.24) is 19.8 Å². The third-order valence-corrected chi connectivity index (χ3v) is 4.54. The zero-order chi connectivity index (χ0) is 13.5. The van der Waals surface area contributed by atoms with Crippen LogP contribution in [0.15, 0.2) is 30.6 Å². The van der Waals surface area contributed by atoms with Crippen LogP contribution in [0.2, 0.25) is 0 Å². The van der Waals surface area contributed by atoms with E-state index in [4.69, 9.17) is 0 Å². The minimum Gasteiger partial charge on any atom is -0.337 e. The van der Waals surface area contributed by atoms with Crippen LogP contribution in [0.25, 0.3) is 5.52 Å². The first-order chi connectivity index (χ1) is 9.83. The third-order valence-electron chi connectivity index (χ3n) is 4.54. The second kappa shape index (κ2) is 4.59. The molecule has 2 aliphatic heterocycles. The van der Waals surface area contributed by atoms with Crippen LogP contribution in [0, 0.1) is 5.92 Å². The molecule has 2 aliphatic rings. The number of likely N-dealkylation sites (tertiary alicyclic amines) is 1. The lowest BCUT2D eigenvalue weighted by Gasteiger charge is -2.24. The maximum absolute atomic E-state index is 12.7. The van der Waals surface area contributed by atoms with E-state index in [-0.39, 0.29) is 5.91 Å². The molecule has 5 nitrogen and oxygen atoms in total. The Labute approximate surface area is 117 Å². The van der Waals surface area contributed by atoms with Crippen molar-refractivity contribution in [3.63, 3.8) is 0 Å². The molecular formula is C15H18N4O. The van der Waals surface area contributed by atoms with Gasteiger partial charge in [0.25, 0.3) is 5.91 Å². The van der Waals surface area contributed by atoms with Crippen LogP contribution < -0.4 is 5.32 Å². The van der Waals surface area contributed by atoms with Gasteiger partial charge < -0.3 is 10.2 Å². The van der Waals surface area contributed by atoms with Crippen molar-refractivity contribution < 1.29 is 4.79 Å². The zero-order valence-corrected chi connectivity index (χ0v) is 11.3. The smallest absolute Gasteiger partial charge is 0.257 e. The Kier molecular flexibility index (Phi) is 2.73. The summed E-state index contributed by atoms with van der Waals surface area (Å²) < 4.78 is 1.76. The number of nitrogens with one attached hydrogen (secondary N) is 1. The van der Waals surface area contributed by atoms with Crippen molar-refractivity contribution in [1.29, 1.82) is 0 Å². The lowest BCUT2D eigenvalue weighted by molar-refractivity contribution is 0.0787. The number of rotatable bonds is 1. The standard InChI is InChI=1S/C15H18N4O/c20-15(12-8-17-19-7-2-1-5-14(12)19)18-9-11-4-3-6-16-13(11)10-18/h1-2,5,7-8,11,13,16H,3-4,6,9-10H2. The first-order valence-electron chi connectivity index (χ1n) is 7.28. The number of aromatic nitrogens is 2. The molecule has 2 aromatic rings. The van der Waals surface area contributed by atoms with Gasteiger partial charge in [-0.05, 0) is 37.4 Å². The van der Waals surface area contributed by atoms with Crippen LogP contribution in [0.3, 0.4) is 0 Å². The molecule has 1 N–H and O–H groups in total. The summed E-state index contributed by atoms with van der Waals surface area (Å²) in [6, 6.07) is 6.29. The van der Waals surface area contributed by atoms with E-state index < -0.39 is 0 Å². The highest BCUT2D eigenvalue weighted by atomic mass is 16.2. The van der Waals surface area contributed by atoms with E-state index in [0.29, 0.717) is 17.5 Å². The molecule has 0 saturated carbocycles. The Hall–Kier alpha value is -1.88. The molecule has 2 saturated heterocycles. The van der Waals surface area contributed by atoms with Crippen LogP contribution in [0.5, 0.6) is 0 Å². The molecule has 0 bridgehead atoms. The predicted molar refractivity (Wildman–Crippen MR) is 75.6 cm³/mol. The highest BCUT2D eigenvalue weighted by Crippen LogP contribution is 2.26. The summed E-state index contributed by atoms with van der Waals surface area (Å²) in [5, 5.41) is 7.79. The number of pyridine rings is 1. The number of fused-ring (bicyclic) bond motifs is 2. The van der Waals surface area contributed by atoms with Crippen LogP contribution in [-0.2, 0) is 0 Å². The average molecular weight is 270 g/mol. The molecule has 5 heteroatoms. The van der Waals surface area contributed by atoms with Gasteiger partial charge in [-0.15, -0.1) is 0 Å². The van der Waals surface area contributed by atoms with E-state index in [2.05, 4.69) is 10.4 Å². The van der Waals surface area contributed by atoms with E-state index in [1.807, 2.05) is 29.3 Å². The highest BCUT2D eigenvalue weighted by Gasteiger charge is 2.37. The Morgan fingerprint density at radius 1 is 1.35 bits per heavy atom. The topological polar surface area (TPSA) is 49.6 Å². The van der Waals surface area contributed by atoms with Crippen molar-refractivity contribution in [3.8, 4) is 0 Å². The number of carbonyl (C=O) groups is 1. The van der Waals surface area contributed by atoms with Crippen molar-refractivity contribution in [2.75, 3.05) is 19.6 Å². The average Bonchev–Trinajstić information content (AvgIpc) is 3.10. The maximum atomic E-state index is 12.7. The fourth-order valence-corrected chi connectivity index (χ4v) is 3.48. The number of hydrogen-bond donors (Lipinski definition) is 1. The van der Waals surface area contributed by atoms with Gasteiger partial charge in [0.05, 0.1) is 17.3 Å². The van der Waals surface area contributed by atoms with Crippen LogP contribution in [0.4, 0.5) is 0 Å². The van der Waals surface area contributed by atoms with Gasteiger partial charge in [-0.3, -0.25) is 4.79 Å². The molecule has 1 amide bonds. The lowest BCUT2D eigenvalue weighted by Crippen LogP contribution is -2.41. The van der Waals surface area contributed by atoms with Gasteiger partial charge in [-0.2, -0.15) is 5.10 Å². The van der Waals surface area contributed by atoms with Gasteiger partial charge in [-0.1, -0.05) is 6.07 Å². The second-order valence-corrected chi connectivity index (χ2v) is 5.76. The summed E-state index contributed by atoms with van der Waals surface area (Å²) in [5.74, 6) is 0.733. The molecule has 0 radical (unpaired) electrons. The lowest BCUT2D eigenvalue weighted by atomic mass is 9.94. The van der Waals surface area contributed by atoms with Gasteiger partial charge in [0, 0.05) is 25.3 Å². The minimum atomic E-state index is 0.113. The summed E-state index contributed by atoms with van der Waals surface area (Å²) in [6.45, 7) is 2.79. The fourth-order valence-electron chi connectivity index (χ4n) is 3.48. The molecule has 0 spiro atoms. The van der Waals surface area contributed by atoms with Gasteiger partial charge in [-0.25, -0.2) is 4.52 Å². The Morgan fingerprint density at radius 2 is 2.30 bits per heavy atom. The molecule has 104 valence electrons. The molecule has 2 fully saturated rings. The van der Waals surface area contributed by atoms with Crippen LogP contribution in [0.1, 0.15) is 23.2 Å².